The van der Waals surface area contributed by atoms with Gasteiger partial charge in [-0.2, -0.15) is 0 Å². The maximum absolute atomic E-state index is 12.0. The van der Waals surface area contributed by atoms with Crippen LogP contribution in [-0.2, 0) is 14.3 Å². The summed E-state index contributed by atoms with van der Waals surface area (Å²) in [6.45, 7) is 0.714. The van der Waals surface area contributed by atoms with E-state index in [-0.39, 0.29) is 11.7 Å². The van der Waals surface area contributed by atoms with Crippen LogP contribution in [0.1, 0.15) is 33.6 Å². The highest BCUT2D eigenvalue weighted by atomic mass is 16.5. The summed E-state index contributed by atoms with van der Waals surface area (Å²) < 4.78 is 16.1. The molecule has 8 nitrogen and oxygen atoms in total. The van der Waals surface area contributed by atoms with Gasteiger partial charge in [-0.25, -0.2) is 4.79 Å². The Hall–Kier alpha value is -3.39. The van der Waals surface area contributed by atoms with Crippen LogP contribution < -0.4 is 15.6 Å². The second-order valence-electron chi connectivity index (χ2n) is 6.41. The van der Waals surface area contributed by atoms with Crippen LogP contribution in [0.15, 0.2) is 54.6 Å². The van der Waals surface area contributed by atoms with Crippen molar-refractivity contribution in [1.29, 1.82) is 0 Å². The lowest BCUT2D eigenvalue weighted by Crippen LogP contribution is -2.43. The molecule has 0 bridgehead atoms. The number of carbonyl (C=O) groups excluding carboxylic acids is 3. The summed E-state index contributed by atoms with van der Waals surface area (Å²) in [4.78, 5) is 35.6. The number of esters is 1. The molecule has 2 amide bonds. The molecule has 8 heteroatoms. The molecule has 1 heterocycles. The molecule has 0 spiro atoms. The SMILES string of the molecule is O=C(COC(=O)c1ccc(OC[C@H]2CCCO2)cc1)NNC(=O)c1ccccc1. The van der Waals surface area contributed by atoms with Gasteiger partial charge in [-0.3, -0.25) is 20.4 Å². The highest BCUT2D eigenvalue weighted by Gasteiger charge is 2.16. The van der Waals surface area contributed by atoms with Gasteiger partial charge in [0.25, 0.3) is 11.8 Å². The van der Waals surface area contributed by atoms with Crippen molar-refractivity contribution in [3.63, 3.8) is 0 Å². The van der Waals surface area contributed by atoms with E-state index < -0.39 is 24.4 Å². The summed E-state index contributed by atoms with van der Waals surface area (Å²) in [6.07, 6.45) is 2.14. The van der Waals surface area contributed by atoms with Crippen molar-refractivity contribution in [2.75, 3.05) is 19.8 Å². The average Bonchev–Trinajstić information content (AvgIpc) is 3.29. The molecule has 2 N–H and O–H groups in total. The van der Waals surface area contributed by atoms with E-state index in [0.29, 0.717) is 17.9 Å². The predicted molar refractivity (Wildman–Crippen MR) is 103 cm³/mol. The van der Waals surface area contributed by atoms with E-state index in [9.17, 15) is 14.4 Å². The highest BCUT2D eigenvalue weighted by molar-refractivity contribution is 5.96. The molecular formula is C21H22N2O6. The van der Waals surface area contributed by atoms with Gasteiger partial charge in [-0.1, -0.05) is 18.2 Å². The fourth-order valence-corrected chi connectivity index (χ4v) is 2.69. The van der Waals surface area contributed by atoms with Crippen molar-refractivity contribution >= 4 is 17.8 Å². The number of rotatable bonds is 7. The summed E-state index contributed by atoms with van der Waals surface area (Å²) >= 11 is 0. The summed E-state index contributed by atoms with van der Waals surface area (Å²) in [7, 11) is 0. The average molecular weight is 398 g/mol. The first-order valence-electron chi connectivity index (χ1n) is 9.27. The Labute approximate surface area is 168 Å². The molecule has 1 atom stereocenters. The number of hydrogen-bond acceptors (Lipinski definition) is 6. The number of benzene rings is 2. The van der Waals surface area contributed by atoms with Gasteiger partial charge < -0.3 is 14.2 Å². The maximum atomic E-state index is 12.0. The number of hydrazine groups is 1. The Balaban J connectivity index is 1.38. The molecule has 152 valence electrons. The summed E-state index contributed by atoms with van der Waals surface area (Å²) in [5.74, 6) is -1.15. The smallest absolute Gasteiger partial charge is 0.338 e. The first-order valence-corrected chi connectivity index (χ1v) is 9.27. The lowest BCUT2D eigenvalue weighted by Gasteiger charge is -2.11. The Bertz CT molecular complexity index is 832. The zero-order valence-corrected chi connectivity index (χ0v) is 15.8. The molecule has 0 aromatic heterocycles. The number of hydrogen-bond donors (Lipinski definition) is 2. The summed E-state index contributed by atoms with van der Waals surface area (Å²) in [5.41, 5.74) is 5.13. The van der Waals surface area contributed by atoms with Gasteiger partial charge in [0.15, 0.2) is 6.61 Å². The lowest BCUT2D eigenvalue weighted by molar-refractivity contribution is -0.125. The van der Waals surface area contributed by atoms with Crippen LogP contribution in [0.4, 0.5) is 0 Å². The van der Waals surface area contributed by atoms with Gasteiger partial charge in [0.05, 0.1) is 11.7 Å². The predicted octanol–water partition coefficient (Wildman–Crippen LogP) is 1.86. The molecule has 3 rings (SSSR count). The zero-order valence-electron chi connectivity index (χ0n) is 15.8. The molecule has 1 saturated heterocycles. The van der Waals surface area contributed by atoms with Crippen molar-refractivity contribution in [1.82, 2.24) is 10.9 Å². The number of carbonyl (C=O) groups is 3. The van der Waals surface area contributed by atoms with Gasteiger partial charge in [-0.05, 0) is 49.2 Å². The van der Waals surface area contributed by atoms with E-state index in [2.05, 4.69) is 10.9 Å². The van der Waals surface area contributed by atoms with Crippen LogP contribution in [0.5, 0.6) is 5.75 Å². The van der Waals surface area contributed by atoms with Gasteiger partial charge in [0, 0.05) is 12.2 Å². The quantitative estimate of drug-likeness (QED) is 0.545. The normalized spacial score (nSPS) is 15.4. The molecule has 0 unspecified atom stereocenters. The minimum Gasteiger partial charge on any atom is -0.491 e. The van der Waals surface area contributed by atoms with Crippen LogP contribution in [0, 0.1) is 0 Å². The highest BCUT2D eigenvalue weighted by Crippen LogP contribution is 2.17. The molecule has 29 heavy (non-hydrogen) atoms. The minimum absolute atomic E-state index is 0.112. The molecule has 1 fully saturated rings. The number of ether oxygens (including phenoxy) is 3. The van der Waals surface area contributed by atoms with Gasteiger partial charge >= 0.3 is 5.97 Å². The van der Waals surface area contributed by atoms with Gasteiger partial charge in [0.2, 0.25) is 0 Å². The van der Waals surface area contributed by atoms with E-state index in [1.165, 1.54) is 0 Å². The molecule has 0 saturated carbocycles. The Morgan fingerprint density at radius 1 is 0.966 bits per heavy atom. The third kappa shape index (κ3) is 6.32. The van der Waals surface area contributed by atoms with Crippen LogP contribution >= 0.6 is 0 Å². The van der Waals surface area contributed by atoms with E-state index >= 15 is 0 Å². The third-order valence-corrected chi connectivity index (χ3v) is 4.24. The third-order valence-electron chi connectivity index (χ3n) is 4.24. The van der Waals surface area contributed by atoms with E-state index in [1.54, 1.807) is 54.6 Å². The molecule has 0 aliphatic carbocycles. The van der Waals surface area contributed by atoms with Crippen molar-refractivity contribution in [3.05, 3.63) is 65.7 Å². The van der Waals surface area contributed by atoms with E-state index in [1.807, 2.05) is 0 Å². The monoisotopic (exact) mass is 398 g/mol. The van der Waals surface area contributed by atoms with Crippen LogP contribution in [0.25, 0.3) is 0 Å². The summed E-state index contributed by atoms with van der Waals surface area (Å²) in [5, 5.41) is 0. The molecule has 1 aliphatic rings. The zero-order chi connectivity index (χ0) is 20.5. The van der Waals surface area contributed by atoms with Crippen LogP contribution in [0.3, 0.4) is 0 Å². The van der Waals surface area contributed by atoms with Crippen molar-refractivity contribution < 1.29 is 28.6 Å². The van der Waals surface area contributed by atoms with Gasteiger partial charge in [0.1, 0.15) is 12.4 Å². The topological polar surface area (TPSA) is 103 Å². The molecule has 2 aromatic rings. The lowest BCUT2D eigenvalue weighted by atomic mass is 10.2. The molecule has 1 aliphatic heterocycles. The fraction of sp³-hybridized carbons (Fsp3) is 0.286. The van der Waals surface area contributed by atoms with E-state index in [4.69, 9.17) is 14.2 Å². The Kier molecular flexibility index (Phi) is 7.18. The van der Waals surface area contributed by atoms with Crippen molar-refractivity contribution in [3.8, 4) is 5.75 Å². The second kappa shape index (κ2) is 10.2. The van der Waals surface area contributed by atoms with Crippen LogP contribution in [-0.4, -0.2) is 43.7 Å². The fourth-order valence-electron chi connectivity index (χ4n) is 2.69. The largest absolute Gasteiger partial charge is 0.491 e. The maximum Gasteiger partial charge on any atom is 0.338 e. The molecule has 0 radical (unpaired) electrons. The first kappa shape index (κ1) is 20.3. The summed E-state index contributed by atoms with van der Waals surface area (Å²) in [6, 6.07) is 14.8. The van der Waals surface area contributed by atoms with E-state index in [0.717, 1.165) is 19.4 Å². The van der Waals surface area contributed by atoms with Gasteiger partial charge in [-0.15, -0.1) is 0 Å². The standard InChI is InChI=1S/C21H22N2O6/c24-19(22-23-20(25)15-5-2-1-3-6-15)14-29-21(26)16-8-10-17(11-9-16)28-13-18-7-4-12-27-18/h1-3,5-6,8-11,18H,4,7,12-14H2,(H,22,24)(H,23,25)/t18-/m1/s1. The Morgan fingerprint density at radius 2 is 1.72 bits per heavy atom. The minimum atomic E-state index is -0.654. The van der Waals surface area contributed by atoms with Crippen molar-refractivity contribution in [2.45, 2.75) is 18.9 Å². The first-order chi connectivity index (χ1) is 14.1. The Morgan fingerprint density at radius 3 is 2.41 bits per heavy atom. The van der Waals surface area contributed by atoms with Crippen molar-refractivity contribution in [2.24, 2.45) is 0 Å². The van der Waals surface area contributed by atoms with Crippen LogP contribution in [0.2, 0.25) is 0 Å². The number of nitrogens with one attached hydrogen (secondary N) is 2. The molecule has 2 aromatic carbocycles. The molecular weight excluding hydrogens is 376 g/mol. The second-order valence-corrected chi connectivity index (χ2v) is 6.41. The number of amides is 2.